The number of aromatic carboxylic acids is 1. The molecule has 1 heterocycles. The van der Waals surface area contributed by atoms with Gasteiger partial charge in [0.2, 0.25) is 0 Å². The van der Waals surface area contributed by atoms with Crippen LogP contribution in [0.2, 0.25) is 0 Å². The Morgan fingerprint density at radius 1 is 1.53 bits per heavy atom. The number of pyridine rings is 1. The predicted octanol–water partition coefficient (Wildman–Crippen LogP) is 2.38. The van der Waals surface area contributed by atoms with Gasteiger partial charge in [-0.1, -0.05) is 19.8 Å². The minimum atomic E-state index is -0.943. The van der Waals surface area contributed by atoms with E-state index in [-0.39, 0.29) is 5.56 Å². The second-order valence-electron chi connectivity index (χ2n) is 3.34. The fourth-order valence-electron chi connectivity index (χ4n) is 1.30. The molecule has 0 bridgehead atoms. The Bertz CT molecular complexity index is 326. The summed E-state index contributed by atoms with van der Waals surface area (Å²) in [5.74, 6) is -0.484. The third-order valence-corrected chi connectivity index (χ3v) is 2.11. The van der Waals surface area contributed by atoms with Crippen LogP contribution in [0, 0.1) is 0 Å². The van der Waals surface area contributed by atoms with Crippen molar-refractivity contribution >= 4 is 11.8 Å². The molecule has 0 aliphatic heterocycles. The van der Waals surface area contributed by atoms with Gasteiger partial charge in [0.1, 0.15) is 11.4 Å². The van der Waals surface area contributed by atoms with Gasteiger partial charge in [-0.2, -0.15) is 0 Å². The molecular formula is C11H16N2O2. The van der Waals surface area contributed by atoms with Crippen molar-refractivity contribution in [3.05, 3.63) is 23.9 Å². The SMILES string of the molecule is CCCCCNc1ncccc1C(=O)O. The van der Waals surface area contributed by atoms with Gasteiger partial charge in [0.15, 0.2) is 0 Å². The van der Waals surface area contributed by atoms with Gasteiger partial charge < -0.3 is 10.4 Å². The summed E-state index contributed by atoms with van der Waals surface area (Å²) in [4.78, 5) is 14.8. The van der Waals surface area contributed by atoms with Crippen LogP contribution >= 0.6 is 0 Å². The maximum atomic E-state index is 10.8. The lowest BCUT2D eigenvalue weighted by Crippen LogP contribution is -2.09. The second-order valence-corrected chi connectivity index (χ2v) is 3.34. The molecule has 0 saturated heterocycles. The van der Waals surface area contributed by atoms with Gasteiger partial charge >= 0.3 is 5.97 Å². The minimum Gasteiger partial charge on any atom is -0.478 e. The Morgan fingerprint density at radius 2 is 2.33 bits per heavy atom. The van der Waals surface area contributed by atoms with Crippen LogP contribution in [0.25, 0.3) is 0 Å². The maximum Gasteiger partial charge on any atom is 0.339 e. The molecule has 1 rings (SSSR count). The fraction of sp³-hybridized carbons (Fsp3) is 0.455. The van der Waals surface area contributed by atoms with E-state index >= 15 is 0 Å². The highest BCUT2D eigenvalue weighted by atomic mass is 16.4. The number of nitrogens with zero attached hydrogens (tertiary/aromatic N) is 1. The third-order valence-electron chi connectivity index (χ3n) is 2.11. The monoisotopic (exact) mass is 208 g/mol. The Morgan fingerprint density at radius 3 is 3.00 bits per heavy atom. The highest BCUT2D eigenvalue weighted by Crippen LogP contribution is 2.11. The van der Waals surface area contributed by atoms with Crippen LogP contribution in [0.4, 0.5) is 5.82 Å². The molecule has 15 heavy (non-hydrogen) atoms. The summed E-state index contributed by atoms with van der Waals surface area (Å²) in [7, 11) is 0. The van der Waals surface area contributed by atoms with Crippen LogP contribution in [0.1, 0.15) is 36.5 Å². The second kappa shape index (κ2) is 6.01. The zero-order chi connectivity index (χ0) is 11.1. The standard InChI is InChI=1S/C11H16N2O2/c1-2-3-4-7-12-10-9(11(14)15)6-5-8-13-10/h5-6,8H,2-4,7H2,1H3,(H,12,13)(H,14,15). The molecule has 4 nitrogen and oxygen atoms in total. The van der Waals surface area contributed by atoms with E-state index in [0.29, 0.717) is 5.82 Å². The average Bonchev–Trinajstić information content (AvgIpc) is 2.25. The number of hydrogen-bond donors (Lipinski definition) is 2. The number of unbranched alkanes of at least 4 members (excludes halogenated alkanes) is 2. The molecule has 0 aromatic carbocycles. The molecule has 1 aromatic rings. The third kappa shape index (κ3) is 3.58. The molecule has 0 aliphatic carbocycles. The van der Waals surface area contributed by atoms with Gasteiger partial charge in [0, 0.05) is 12.7 Å². The molecular weight excluding hydrogens is 192 g/mol. The van der Waals surface area contributed by atoms with Crippen molar-refractivity contribution in [2.24, 2.45) is 0 Å². The van der Waals surface area contributed by atoms with Gasteiger partial charge in [-0.15, -0.1) is 0 Å². The molecule has 1 aromatic heterocycles. The van der Waals surface area contributed by atoms with E-state index in [0.717, 1.165) is 25.8 Å². The number of carbonyl (C=O) groups is 1. The van der Waals surface area contributed by atoms with E-state index in [2.05, 4.69) is 17.2 Å². The number of nitrogens with one attached hydrogen (secondary N) is 1. The normalized spacial score (nSPS) is 9.93. The Balaban J connectivity index is 2.56. The first-order chi connectivity index (χ1) is 7.25. The smallest absolute Gasteiger partial charge is 0.339 e. The van der Waals surface area contributed by atoms with Gasteiger partial charge in [0.05, 0.1) is 0 Å². The molecule has 0 spiro atoms. The van der Waals surface area contributed by atoms with Crippen LogP contribution in [-0.4, -0.2) is 22.6 Å². The summed E-state index contributed by atoms with van der Waals surface area (Å²) in [6, 6.07) is 3.18. The first-order valence-corrected chi connectivity index (χ1v) is 5.18. The van der Waals surface area contributed by atoms with E-state index in [9.17, 15) is 4.79 Å². The molecule has 0 atom stereocenters. The van der Waals surface area contributed by atoms with Gasteiger partial charge in [0.25, 0.3) is 0 Å². The molecule has 0 amide bonds. The summed E-state index contributed by atoms with van der Waals surface area (Å²) >= 11 is 0. The Hall–Kier alpha value is -1.58. The van der Waals surface area contributed by atoms with Gasteiger partial charge in [-0.05, 0) is 18.6 Å². The summed E-state index contributed by atoms with van der Waals surface area (Å²) < 4.78 is 0. The lowest BCUT2D eigenvalue weighted by molar-refractivity contribution is 0.0697. The van der Waals surface area contributed by atoms with Gasteiger partial charge in [-0.3, -0.25) is 0 Å². The van der Waals surface area contributed by atoms with Crippen molar-refractivity contribution in [2.75, 3.05) is 11.9 Å². The summed E-state index contributed by atoms with van der Waals surface area (Å²) in [5, 5.41) is 11.9. The predicted molar refractivity (Wildman–Crippen MR) is 59.2 cm³/mol. The van der Waals surface area contributed by atoms with Crippen molar-refractivity contribution in [3.63, 3.8) is 0 Å². The van der Waals surface area contributed by atoms with E-state index in [1.165, 1.54) is 0 Å². The van der Waals surface area contributed by atoms with Crippen molar-refractivity contribution in [2.45, 2.75) is 26.2 Å². The lowest BCUT2D eigenvalue weighted by Gasteiger charge is -2.07. The highest BCUT2D eigenvalue weighted by Gasteiger charge is 2.08. The fourth-order valence-corrected chi connectivity index (χ4v) is 1.30. The Labute approximate surface area is 89.3 Å². The Kier molecular flexibility index (Phi) is 4.60. The van der Waals surface area contributed by atoms with Crippen molar-refractivity contribution in [1.82, 2.24) is 4.98 Å². The molecule has 0 aliphatic rings. The van der Waals surface area contributed by atoms with Crippen molar-refractivity contribution in [1.29, 1.82) is 0 Å². The number of hydrogen-bond acceptors (Lipinski definition) is 3. The molecule has 4 heteroatoms. The molecule has 2 N–H and O–H groups in total. The number of aromatic nitrogens is 1. The topological polar surface area (TPSA) is 62.2 Å². The quantitative estimate of drug-likeness (QED) is 0.704. The van der Waals surface area contributed by atoms with Gasteiger partial charge in [-0.25, -0.2) is 9.78 Å². The van der Waals surface area contributed by atoms with E-state index in [1.807, 2.05) is 0 Å². The highest BCUT2D eigenvalue weighted by molar-refractivity contribution is 5.92. The number of carboxylic acids is 1. The van der Waals surface area contributed by atoms with E-state index in [4.69, 9.17) is 5.11 Å². The minimum absolute atomic E-state index is 0.231. The first kappa shape index (κ1) is 11.5. The summed E-state index contributed by atoms with van der Waals surface area (Å²) in [5.41, 5.74) is 0.231. The van der Waals surface area contributed by atoms with Crippen LogP contribution in [0.5, 0.6) is 0 Å². The number of anilines is 1. The van der Waals surface area contributed by atoms with Crippen LogP contribution in [-0.2, 0) is 0 Å². The molecule has 0 saturated carbocycles. The van der Waals surface area contributed by atoms with Crippen molar-refractivity contribution in [3.8, 4) is 0 Å². The maximum absolute atomic E-state index is 10.8. The largest absolute Gasteiger partial charge is 0.478 e. The molecule has 0 radical (unpaired) electrons. The summed E-state index contributed by atoms with van der Waals surface area (Å²) in [6.45, 7) is 2.90. The van der Waals surface area contributed by atoms with Crippen LogP contribution in [0.3, 0.4) is 0 Å². The number of carboxylic acid groups (broad SMARTS) is 1. The van der Waals surface area contributed by atoms with Crippen LogP contribution < -0.4 is 5.32 Å². The number of rotatable bonds is 6. The van der Waals surface area contributed by atoms with E-state index in [1.54, 1.807) is 18.3 Å². The summed E-state index contributed by atoms with van der Waals surface area (Å²) in [6.07, 6.45) is 4.92. The molecule has 0 unspecified atom stereocenters. The molecule has 82 valence electrons. The average molecular weight is 208 g/mol. The first-order valence-electron chi connectivity index (χ1n) is 5.18. The zero-order valence-electron chi connectivity index (χ0n) is 8.86. The van der Waals surface area contributed by atoms with Crippen molar-refractivity contribution < 1.29 is 9.90 Å². The molecule has 0 fully saturated rings. The zero-order valence-corrected chi connectivity index (χ0v) is 8.86. The van der Waals surface area contributed by atoms with Crippen LogP contribution in [0.15, 0.2) is 18.3 Å². The van der Waals surface area contributed by atoms with E-state index < -0.39 is 5.97 Å². The lowest BCUT2D eigenvalue weighted by atomic mass is 10.2.